The fourth-order valence-electron chi connectivity index (χ4n) is 3.13. The van der Waals surface area contributed by atoms with Gasteiger partial charge >= 0.3 is 0 Å². The Kier molecular flexibility index (Phi) is 4.13. The largest absolute Gasteiger partial charge is 0.352 e. The highest BCUT2D eigenvalue weighted by Crippen LogP contribution is 2.18. The molecule has 0 atom stereocenters. The van der Waals surface area contributed by atoms with E-state index in [1.54, 1.807) is 0 Å². The van der Waals surface area contributed by atoms with Crippen molar-refractivity contribution in [2.75, 3.05) is 6.54 Å². The highest BCUT2D eigenvalue weighted by atomic mass is 16.1. The molecule has 0 aliphatic heterocycles. The van der Waals surface area contributed by atoms with Crippen LogP contribution in [0.1, 0.15) is 27.3 Å². The van der Waals surface area contributed by atoms with E-state index < -0.39 is 0 Å². The molecular weight excluding hydrogens is 324 g/mol. The van der Waals surface area contributed by atoms with Gasteiger partial charge in [0.05, 0.1) is 22.5 Å². The van der Waals surface area contributed by atoms with Gasteiger partial charge in [0.25, 0.3) is 5.91 Å². The summed E-state index contributed by atoms with van der Waals surface area (Å²) in [4.78, 5) is 21.7. The van der Waals surface area contributed by atoms with Gasteiger partial charge in [0, 0.05) is 30.7 Å². The molecule has 0 saturated carbocycles. The zero-order valence-corrected chi connectivity index (χ0v) is 14.9. The highest BCUT2D eigenvalue weighted by molar-refractivity contribution is 5.98. The minimum absolute atomic E-state index is 0.0952. The first-order valence-corrected chi connectivity index (χ1v) is 8.69. The van der Waals surface area contributed by atoms with Gasteiger partial charge in [0.1, 0.15) is 5.65 Å². The minimum Gasteiger partial charge on any atom is -0.352 e. The first kappa shape index (κ1) is 16.3. The number of benzene rings is 1. The van der Waals surface area contributed by atoms with E-state index in [1.807, 2.05) is 67.0 Å². The lowest BCUT2D eigenvalue weighted by molar-refractivity contribution is 0.0953. The molecule has 0 aliphatic carbocycles. The van der Waals surface area contributed by atoms with Gasteiger partial charge in [-0.25, -0.2) is 4.98 Å². The Labute approximate surface area is 151 Å². The van der Waals surface area contributed by atoms with Gasteiger partial charge in [-0.2, -0.15) is 0 Å². The number of carbonyl (C=O) groups excluding carboxylic acids is 1. The lowest BCUT2D eigenvalue weighted by atomic mass is 10.1. The Balaban J connectivity index is 1.47. The monoisotopic (exact) mass is 344 g/mol. The molecule has 1 amide bonds. The van der Waals surface area contributed by atoms with Crippen molar-refractivity contribution in [3.05, 3.63) is 77.4 Å². The molecule has 1 N–H and O–H groups in total. The van der Waals surface area contributed by atoms with Crippen LogP contribution in [0.4, 0.5) is 0 Å². The molecule has 3 heterocycles. The molecule has 0 radical (unpaired) electrons. The number of nitrogens with zero attached hydrogens (tertiary/aromatic N) is 3. The van der Waals surface area contributed by atoms with Crippen LogP contribution < -0.4 is 5.32 Å². The average Bonchev–Trinajstić information content (AvgIpc) is 3.04. The summed E-state index contributed by atoms with van der Waals surface area (Å²) < 4.78 is 1.98. The highest BCUT2D eigenvalue weighted by Gasteiger charge is 2.12. The van der Waals surface area contributed by atoms with Crippen LogP contribution in [0.5, 0.6) is 0 Å². The van der Waals surface area contributed by atoms with Crippen LogP contribution in [-0.4, -0.2) is 26.8 Å². The summed E-state index contributed by atoms with van der Waals surface area (Å²) in [6.45, 7) is 4.44. The van der Waals surface area contributed by atoms with E-state index in [0.29, 0.717) is 18.5 Å². The molecule has 5 nitrogen and oxygen atoms in total. The van der Waals surface area contributed by atoms with Gasteiger partial charge in [-0.05, 0) is 44.2 Å². The Morgan fingerprint density at radius 2 is 2.00 bits per heavy atom. The number of hydrogen-bond donors (Lipinski definition) is 1. The van der Waals surface area contributed by atoms with Gasteiger partial charge in [-0.1, -0.05) is 17.7 Å². The maximum atomic E-state index is 12.6. The Morgan fingerprint density at radius 3 is 2.85 bits per heavy atom. The molecule has 0 aliphatic rings. The molecule has 1 aromatic carbocycles. The van der Waals surface area contributed by atoms with Crippen molar-refractivity contribution >= 4 is 22.5 Å². The van der Waals surface area contributed by atoms with E-state index in [2.05, 4.69) is 21.4 Å². The molecule has 0 unspecified atom stereocenters. The van der Waals surface area contributed by atoms with Gasteiger partial charge in [0.2, 0.25) is 0 Å². The molecule has 130 valence electrons. The third-order valence-corrected chi connectivity index (χ3v) is 4.49. The van der Waals surface area contributed by atoms with Gasteiger partial charge in [0.15, 0.2) is 0 Å². The molecule has 0 saturated heterocycles. The van der Waals surface area contributed by atoms with Crippen LogP contribution in [0.15, 0.2) is 54.9 Å². The minimum atomic E-state index is -0.0952. The first-order chi connectivity index (χ1) is 12.6. The number of aryl methyl sites for hydroxylation is 2. The summed E-state index contributed by atoms with van der Waals surface area (Å²) in [7, 11) is 0. The lowest BCUT2D eigenvalue weighted by Crippen LogP contribution is -2.26. The van der Waals surface area contributed by atoms with E-state index in [4.69, 9.17) is 0 Å². The van der Waals surface area contributed by atoms with Crippen molar-refractivity contribution in [1.82, 2.24) is 19.7 Å². The standard InChI is InChI=1S/C21H20N4O/c1-14-6-7-19-16(11-14)12-18(15(2)23-19)21(26)22-9-8-17-13-25-10-4-3-5-20(25)24-17/h3-7,10-13H,8-9H2,1-2H3,(H,22,26). The van der Waals surface area contributed by atoms with Crippen LogP contribution in [0, 0.1) is 13.8 Å². The van der Waals surface area contributed by atoms with E-state index in [-0.39, 0.29) is 5.91 Å². The second kappa shape index (κ2) is 6.59. The molecular formula is C21H20N4O. The zero-order valence-electron chi connectivity index (χ0n) is 14.9. The summed E-state index contributed by atoms with van der Waals surface area (Å²) in [5.41, 5.74) is 5.31. The molecule has 0 fully saturated rings. The van der Waals surface area contributed by atoms with E-state index in [1.165, 1.54) is 0 Å². The summed E-state index contributed by atoms with van der Waals surface area (Å²) in [5, 5.41) is 3.97. The number of hydrogen-bond acceptors (Lipinski definition) is 3. The fourth-order valence-corrected chi connectivity index (χ4v) is 3.13. The molecule has 4 aromatic rings. The van der Waals surface area contributed by atoms with Crippen molar-refractivity contribution in [3.63, 3.8) is 0 Å². The van der Waals surface area contributed by atoms with E-state index in [0.717, 1.165) is 33.5 Å². The second-order valence-corrected chi connectivity index (χ2v) is 6.52. The van der Waals surface area contributed by atoms with Crippen molar-refractivity contribution in [2.24, 2.45) is 0 Å². The quantitative estimate of drug-likeness (QED) is 0.617. The SMILES string of the molecule is Cc1ccc2nc(C)c(C(=O)NCCc3cn4ccccc4n3)cc2c1. The maximum absolute atomic E-state index is 12.6. The van der Waals surface area contributed by atoms with Gasteiger partial charge < -0.3 is 9.72 Å². The fraction of sp³-hybridized carbons (Fsp3) is 0.190. The van der Waals surface area contributed by atoms with Crippen molar-refractivity contribution in [1.29, 1.82) is 0 Å². The molecule has 3 aromatic heterocycles. The Morgan fingerprint density at radius 1 is 1.12 bits per heavy atom. The van der Waals surface area contributed by atoms with Gasteiger partial charge in [-0.3, -0.25) is 9.78 Å². The van der Waals surface area contributed by atoms with Crippen molar-refractivity contribution in [2.45, 2.75) is 20.3 Å². The second-order valence-electron chi connectivity index (χ2n) is 6.52. The third-order valence-electron chi connectivity index (χ3n) is 4.49. The summed E-state index contributed by atoms with van der Waals surface area (Å²) >= 11 is 0. The average molecular weight is 344 g/mol. The summed E-state index contributed by atoms with van der Waals surface area (Å²) in [5.74, 6) is -0.0952. The molecule has 5 heteroatoms. The van der Waals surface area contributed by atoms with E-state index >= 15 is 0 Å². The predicted molar refractivity (Wildman–Crippen MR) is 102 cm³/mol. The number of imidazole rings is 1. The molecule has 0 spiro atoms. The predicted octanol–water partition coefficient (Wildman–Crippen LogP) is 3.47. The Hall–Kier alpha value is -3.21. The third kappa shape index (κ3) is 3.16. The Bertz CT molecular complexity index is 1080. The van der Waals surface area contributed by atoms with Crippen LogP contribution in [0.2, 0.25) is 0 Å². The number of pyridine rings is 2. The van der Waals surface area contributed by atoms with Gasteiger partial charge in [-0.15, -0.1) is 0 Å². The molecule has 4 rings (SSSR count). The van der Waals surface area contributed by atoms with E-state index in [9.17, 15) is 4.79 Å². The number of nitrogens with one attached hydrogen (secondary N) is 1. The molecule has 0 bridgehead atoms. The zero-order chi connectivity index (χ0) is 18.1. The van der Waals surface area contributed by atoms with Crippen LogP contribution in [0.25, 0.3) is 16.6 Å². The van der Waals surface area contributed by atoms with Crippen LogP contribution in [0.3, 0.4) is 0 Å². The maximum Gasteiger partial charge on any atom is 0.253 e. The van der Waals surface area contributed by atoms with Crippen molar-refractivity contribution in [3.8, 4) is 0 Å². The summed E-state index contributed by atoms with van der Waals surface area (Å²) in [6.07, 6.45) is 4.65. The number of carbonyl (C=O) groups is 1. The lowest BCUT2D eigenvalue weighted by Gasteiger charge is -2.09. The van der Waals surface area contributed by atoms with Crippen LogP contribution >= 0.6 is 0 Å². The number of rotatable bonds is 4. The topological polar surface area (TPSA) is 59.3 Å². The number of amides is 1. The van der Waals surface area contributed by atoms with Crippen LogP contribution in [-0.2, 0) is 6.42 Å². The smallest absolute Gasteiger partial charge is 0.253 e. The summed E-state index contributed by atoms with van der Waals surface area (Å²) in [6, 6.07) is 13.9. The first-order valence-electron chi connectivity index (χ1n) is 8.69. The molecule has 26 heavy (non-hydrogen) atoms. The van der Waals surface area contributed by atoms with Crippen molar-refractivity contribution < 1.29 is 4.79 Å². The number of aromatic nitrogens is 3. The number of fused-ring (bicyclic) bond motifs is 2. The normalized spacial score (nSPS) is 11.2.